The zero-order chi connectivity index (χ0) is 7.56. The van der Waals surface area contributed by atoms with Crippen molar-refractivity contribution in [3.63, 3.8) is 0 Å². The molecule has 0 saturated heterocycles. The van der Waals surface area contributed by atoms with Gasteiger partial charge in [-0.15, -0.1) is 5.12 Å². The molecule has 0 aromatic carbocycles. The molecule has 0 atom stereocenters. The maximum Gasteiger partial charge on any atom is 0.128 e. The van der Waals surface area contributed by atoms with Crippen LogP contribution in [0.4, 0.5) is 0 Å². The number of nitrogens with one attached hydrogen (secondary N) is 1. The molecule has 58 valence electrons. The van der Waals surface area contributed by atoms with Crippen molar-refractivity contribution in [2.75, 3.05) is 13.6 Å². The molecular formula is C6H14N4. The molecule has 0 amide bonds. The minimum absolute atomic E-state index is 0.661. The van der Waals surface area contributed by atoms with Gasteiger partial charge < -0.3 is 0 Å². The second kappa shape index (κ2) is 2.88. The fraction of sp³-hybridized carbons (Fsp3) is 0.833. The maximum atomic E-state index is 3.88. The van der Waals surface area contributed by atoms with Crippen LogP contribution in [-0.4, -0.2) is 30.1 Å². The van der Waals surface area contributed by atoms with E-state index in [0.29, 0.717) is 5.92 Å². The molecule has 1 aliphatic rings. The smallest absolute Gasteiger partial charge is 0.128 e. The van der Waals surface area contributed by atoms with Crippen LogP contribution in [0.5, 0.6) is 0 Å². The molecule has 10 heavy (non-hydrogen) atoms. The highest BCUT2D eigenvalue weighted by Gasteiger charge is 2.12. The zero-order valence-corrected chi connectivity index (χ0v) is 6.70. The van der Waals surface area contributed by atoms with Gasteiger partial charge in [0.25, 0.3) is 0 Å². The molecule has 1 aliphatic heterocycles. The summed E-state index contributed by atoms with van der Waals surface area (Å²) in [6.45, 7) is 5.37. The second-order valence-electron chi connectivity index (χ2n) is 2.88. The predicted molar refractivity (Wildman–Crippen MR) is 40.9 cm³/mol. The van der Waals surface area contributed by atoms with E-state index in [1.807, 2.05) is 17.2 Å². The summed E-state index contributed by atoms with van der Waals surface area (Å²) in [6, 6.07) is 0. The monoisotopic (exact) mass is 142 g/mol. The average Bonchev–Trinajstić information content (AvgIpc) is 2.15. The van der Waals surface area contributed by atoms with E-state index in [0.717, 1.165) is 6.54 Å². The summed E-state index contributed by atoms with van der Waals surface area (Å²) < 4.78 is 0. The van der Waals surface area contributed by atoms with Crippen molar-refractivity contribution in [3.8, 4) is 0 Å². The molecule has 0 radical (unpaired) electrons. The summed E-state index contributed by atoms with van der Waals surface area (Å²) in [5.41, 5.74) is 2.80. The lowest BCUT2D eigenvalue weighted by atomic mass is 10.2. The van der Waals surface area contributed by atoms with Crippen LogP contribution in [0.25, 0.3) is 0 Å². The van der Waals surface area contributed by atoms with Crippen molar-refractivity contribution in [3.05, 3.63) is 0 Å². The van der Waals surface area contributed by atoms with Crippen LogP contribution in [0.2, 0.25) is 0 Å². The standard InChI is InChI=1S/C6H14N4/c1-6(2)4-10-5-7-8-9(10)3/h5-6,8H,4H2,1-3H3. The largest absolute Gasteiger partial charge is 0.275 e. The van der Waals surface area contributed by atoms with Gasteiger partial charge in [-0.1, -0.05) is 13.8 Å². The minimum atomic E-state index is 0.661. The molecule has 0 aromatic heterocycles. The SMILES string of the molecule is CC(C)CN1C=NNN1C. The third-order valence-corrected chi connectivity index (χ3v) is 1.33. The number of rotatable bonds is 2. The second-order valence-corrected chi connectivity index (χ2v) is 2.88. The van der Waals surface area contributed by atoms with Crippen LogP contribution >= 0.6 is 0 Å². The summed E-state index contributed by atoms with van der Waals surface area (Å²) in [7, 11) is 1.94. The highest BCUT2D eigenvalue weighted by atomic mass is 15.9. The van der Waals surface area contributed by atoms with E-state index >= 15 is 0 Å². The van der Waals surface area contributed by atoms with Crippen LogP contribution in [-0.2, 0) is 0 Å². The number of hydrogen-bond acceptors (Lipinski definition) is 4. The van der Waals surface area contributed by atoms with Crippen molar-refractivity contribution in [1.82, 2.24) is 15.7 Å². The number of nitrogens with zero attached hydrogens (tertiary/aromatic N) is 3. The number of hydrazone groups is 1. The van der Waals surface area contributed by atoms with E-state index in [1.54, 1.807) is 6.34 Å². The highest BCUT2D eigenvalue weighted by molar-refractivity contribution is 5.54. The third kappa shape index (κ3) is 1.60. The molecule has 4 nitrogen and oxygen atoms in total. The van der Waals surface area contributed by atoms with Gasteiger partial charge in [-0.25, -0.2) is 5.53 Å². The fourth-order valence-electron chi connectivity index (χ4n) is 0.855. The molecule has 4 heteroatoms. The van der Waals surface area contributed by atoms with Gasteiger partial charge in [0.15, 0.2) is 0 Å². The Balaban J connectivity index is 2.33. The molecule has 1 rings (SSSR count). The van der Waals surface area contributed by atoms with Crippen molar-refractivity contribution in [2.24, 2.45) is 11.0 Å². The predicted octanol–water partition coefficient (Wildman–Crippen LogP) is 0.253. The third-order valence-electron chi connectivity index (χ3n) is 1.33. The first-order chi connectivity index (χ1) is 4.70. The Hall–Kier alpha value is -0.770. The summed E-state index contributed by atoms with van der Waals surface area (Å²) in [4.78, 5) is 0. The van der Waals surface area contributed by atoms with E-state index in [2.05, 4.69) is 24.5 Å². The Kier molecular flexibility index (Phi) is 2.11. The molecule has 0 aliphatic carbocycles. The topological polar surface area (TPSA) is 30.9 Å². The first-order valence-electron chi connectivity index (χ1n) is 3.49. The molecule has 1 N–H and O–H groups in total. The Morgan fingerprint density at radius 2 is 2.30 bits per heavy atom. The maximum absolute atomic E-state index is 3.88. The molecular weight excluding hydrogens is 128 g/mol. The lowest BCUT2D eigenvalue weighted by Gasteiger charge is -2.23. The Morgan fingerprint density at radius 1 is 1.60 bits per heavy atom. The average molecular weight is 142 g/mol. The molecule has 0 saturated carbocycles. The Labute approximate surface area is 61.4 Å². The van der Waals surface area contributed by atoms with Gasteiger partial charge in [0.05, 0.1) is 0 Å². The van der Waals surface area contributed by atoms with Crippen LogP contribution in [0.3, 0.4) is 0 Å². The van der Waals surface area contributed by atoms with E-state index in [4.69, 9.17) is 0 Å². The van der Waals surface area contributed by atoms with Crippen LogP contribution in [0.15, 0.2) is 5.10 Å². The van der Waals surface area contributed by atoms with Crippen molar-refractivity contribution in [2.45, 2.75) is 13.8 Å². The summed E-state index contributed by atoms with van der Waals surface area (Å²) in [5, 5.41) is 7.77. The van der Waals surface area contributed by atoms with E-state index < -0.39 is 0 Å². The Bertz CT molecular complexity index is 132. The van der Waals surface area contributed by atoms with E-state index in [9.17, 15) is 0 Å². The summed E-state index contributed by atoms with van der Waals surface area (Å²) >= 11 is 0. The summed E-state index contributed by atoms with van der Waals surface area (Å²) in [5.74, 6) is 0.661. The quantitative estimate of drug-likeness (QED) is 0.599. The summed E-state index contributed by atoms with van der Waals surface area (Å²) in [6.07, 6.45) is 1.79. The van der Waals surface area contributed by atoms with Gasteiger partial charge in [0, 0.05) is 13.6 Å². The lowest BCUT2D eigenvalue weighted by Crippen LogP contribution is -2.41. The molecule has 0 unspecified atom stereocenters. The van der Waals surface area contributed by atoms with Gasteiger partial charge in [0.2, 0.25) is 0 Å². The molecule has 1 heterocycles. The molecule has 0 bridgehead atoms. The van der Waals surface area contributed by atoms with Gasteiger partial charge in [-0.2, -0.15) is 5.10 Å². The first-order valence-corrected chi connectivity index (χ1v) is 3.49. The van der Waals surface area contributed by atoms with Gasteiger partial charge >= 0.3 is 0 Å². The van der Waals surface area contributed by atoms with Crippen LogP contribution < -0.4 is 5.53 Å². The number of hydrazine groups is 2. The number of hydrogen-bond donors (Lipinski definition) is 1. The Morgan fingerprint density at radius 3 is 2.70 bits per heavy atom. The van der Waals surface area contributed by atoms with Gasteiger partial charge in [-0.05, 0) is 5.92 Å². The highest BCUT2D eigenvalue weighted by Crippen LogP contribution is 2.00. The van der Waals surface area contributed by atoms with Crippen molar-refractivity contribution < 1.29 is 0 Å². The van der Waals surface area contributed by atoms with Crippen molar-refractivity contribution in [1.29, 1.82) is 0 Å². The fourth-order valence-corrected chi connectivity index (χ4v) is 0.855. The minimum Gasteiger partial charge on any atom is -0.275 e. The van der Waals surface area contributed by atoms with Crippen molar-refractivity contribution >= 4 is 6.34 Å². The molecule has 0 aromatic rings. The normalized spacial score (nSPS) is 18.6. The first kappa shape index (κ1) is 7.34. The van der Waals surface area contributed by atoms with E-state index in [-0.39, 0.29) is 0 Å². The zero-order valence-electron chi connectivity index (χ0n) is 6.70. The molecule has 0 spiro atoms. The van der Waals surface area contributed by atoms with Gasteiger partial charge in [-0.3, -0.25) is 5.01 Å². The van der Waals surface area contributed by atoms with Crippen LogP contribution in [0, 0.1) is 5.92 Å². The molecule has 0 fully saturated rings. The van der Waals surface area contributed by atoms with Gasteiger partial charge in [0.1, 0.15) is 6.34 Å². The lowest BCUT2D eigenvalue weighted by molar-refractivity contribution is 0.0416. The van der Waals surface area contributed by atoms with E-state index in [1.165, 1.54) is 0 Å². The van der Waals surface area contributed by atoms with Crippen LogP contribution in [0.1, 0.15) is 13.8 Å².